The number of fused-ring (bicyclic) bond motifs is 1. The maximum atomic E-state index is 12.8. The van der Waals surface area contributed by atoms with Gasteiger partial charge in [-0.05, 0) is 31.0 Å². The first-order valence-electron chi connectivity index (χ1n) is 10.4. The van der Waals surface area contributed by atoms with Gasteiger partial charge in [-0.2, -0.15) is 4.31 Å². The number of anilines is 1. The van der Waals surface area contributed by atoms with Crippen LogP contribution in [0.15, 0.2) is 29.2 Å². The first-order valence-corrected chi connectivity index (χ1v) is 11.8. The van der Waals surface area contributed by atoms with Crippen LogP contribution in [0.4, 0.5) is 5.69 Å². The van der Waals surface area contributed by atoms with Crippen LogP contribution in [0.3, 0.4) is 0 Å². The summed E-state index contributed by atoms with van der Waals surface area (Å²) in [5.41, 5.74) is 0.498. The highest BCUT2D eigenvalue weighted by molar-refractivity contribution is 7.89. The predicted octanol–water partition coefficient (Wildman–Crippen LogP) is 1.29. The van der Waals surface area contributed by atoms with E-state index in [0.717, 1.165) is 19.4 Å². The van der Waals surface area contributed by atoms with Crippen molar-refractivity contribution in [3.8, 4) is 0 Å². The molecule has 1 aromatic carbocycles. The molecular formula is C20H29N3O5S. The summed E-state index contributed by atoms with van der Waals surface area (Å²) in [6, 6.07) is 6.78. The van der Waals surface area contributed by atoms with E-state index < -0.39 is 10.0 Å². The first-order chi connectivity index (χ1) is 14.0. The van der Waals surface area contributed by atoms with E-state index in [9.17, 15) is 13.2 Å². The van der Waals surface area contributed by atoms with Crippen LogP contribution in [0.2, 0.25) is 0 Å². The molecule has 1 amide bonds. The van der Waals surface area contributed by atoms with E-state index in [4.69, 9.17) is 9.47 Å². The molecule has 4 rings (SSSR count). The molecule has 2 aliphatic heterocycles. The molecule has 1 aliphatic carbocycles. The standard InChI is InChI=1S/C20H29N3O5S/c24-20(15-22-8-13-28-19-7-2-1-6-18(19)22)21-16-4-3-5-17(14-16)29(25,26)23-9-11-27-12-10-23/h3-5,14,18-19H,1-2,6-13,15H2,(H,21,24). The molecule has 2 atom stereocenters. The predicted molar refractivity (Wildman–Crippen MR) is 108 cm³/mol. The lowest BCUT2D eigenvalue weighted by Crippen LogP contribution is -2.54. The van der Waals surface area contributed by atoms with Crippen LogP contribution in [0.25, 0.3) is 0 Å². The van der Waals surface area contributed by atoms with Gasteiger partial charge in [-0.3, -0.25) is 9.69 Å². The van der Waals surface area contributed by atoms with E-state index in [2.05, 4.69) is 10.2 Å². The molecule has 0 spiro atoms. The number of nitrogens with zero attached hydrogens (tertiary/aromatic N) is 2. The topological polar surface area (TPSA) is 88.2 Å². The van der Waals surface area contributed by atoms with Gasteiger partial charge in [-0.1, -0.05) is 18.9 Å². The Kier molecular flexibility index (Phi) is 6.50. The normalized spacial score (nSPS) is 26.6. The number of hydrogen-bond donors (Lipinski definition) is 1. The van der Waals surface area contributed by atoms with Crippen LogP contribution in [0.1, 0.15) is 25.7 Å². The Morgan fingerprint density at radius 1 is 1.10 bits per heavy atom. The Morgan fingerprint density at radius 3 is 2.72 bits per heavy atom. The third-order valence-electron chi connectivity index (χ3n) is 5.92. The molecule has 0 radical (unpaired) electrons. The molecule has 0 aromatic heterocycles. The molecule has 1 saturated carbocycles. The Hall–Kier alpha value is -1.52. The van der Waals surface area contributed by atoms with E-state index in [1.54, 1.807) is 18.2 Å². The number of benzene rings is 1. The summed E-state index contributed by atoms with van der Waals surface area (Å²) in [7, 11) is -3.59. The number of ether oxygens (including phenoxy) is 2. The minimum Gasteiger partial charge on any atom is -0.379 e. The third kappa shape index (κ3) is 4.80. The molecule has 0 bridgehead atoms. The SMILES string of the molecule is O=C(CN1CCOC2CCCCC21)Nc1cccc(S(=O)(=O)N2CCOCC2)c1. The Labute approximate surface area is 172 Å². The lowest BCUT2D eigenvalue weighted by Gasteiger charge is -2.43. The van der Waals surface area contributed by atoms with Gasteiger partial charge in [0.25, 0.3) is 0 Å². The zero-order chi connectivity index (χ0) is 20.3. The second-order valence-electron chi connectivity index (χ2n) is 7.82. The molecule has 1 aromatic rings. The second kappa shape index (κ2) is 9.09. The smallest absolute Gasteiger partial charge is 0.243 e. The van der Waals surface area contributed by atoms with Gasteiger partial charge in [0.15, 0.2) is 0 Å². The van der Waals surface area contributed by atoms with E-state index >= 15 is 0 Å². The van der Waals surface area contributed by atoms with Crippen molar-refractivity contribution in [2.24, 2.45) is 0 Å². The van der Waals surface area contributed by atoms with E-state index in [1.165, 1.54) is 23.2 Å². The summed E-state index contributed by atoms with van der Waals surface area (Å²) >= 11 is 0. The van der Waals surface area contributed by atoms with Crippen molar-refractivity contribution in [2.45, 2.75) is 42.7 Å². The lowest BCUT2D eigenvalue weighted by molar-refractivity contribution is -0.124. The van der Waals surface area contributed by atoms with Crippen LogP contribution < -0.4 is 5.32 Å². The largest absolute Gasteiger partial charge is 0.379 e. The number of nitrogens with one attached hydrogen (secondary N) is 1. The van der Waals surface area contributed by atoms with Gasteiger partial charge in [0.1, 0.15) is 0 Å². The molecule has 8 nitrogen and oxygen atoms in total. The molecule has 1 N–H and O–H groups in total. The van der Waals surface area contributed by atoms with E-state index in [-0.39, 0.29) is 16.9 Å². The van der Waals surface area contributed by atoms with Crippen molar-refractivity contribution in [3.05, 3.63) is 24.3 Å². The number of carbonyl (C=O) groups excluding carboxylic acids is 1. The highest BCUT2D eigenvalue weighted by Gasteiger charge is 2.35. The zero-order valence-electron chi connectivity index (χ0n) is 16.6. The van der Waals surface area contributed by atoms with Crippen molar-refractivity contribution in [3.63, 3.8) is 0 Å². The third-order valence-corrected chi connectivity index (χ3v) is 7.81. The molecule has 3 aliphatic rings. The van der Waals surface area contributed by atoms with Crippen molar-refractivity contribution in [1.29, 1.82) is 0 Å². The number of sulfonamides is 1. The van der Waals surface area contributed by atoms with Crippen LogP contribution in [-0.4, -0.2) is 81.7 Å². The quantitative estimate of drug-likeness (QED) is 0.768. The molecule has 2 saturated heterocycles. The summed E-state index contributed by atoms with van der Waals surface area (Å²) in [5.74, 6) is -0.128. The monoisotopic (exact) mass is 423 g/mol. The summed E-state index contributed by atoms with van der Waals surface area (Å²) in [6.45, 7) is 3.19. The number of hydrogen-bond acceptors (Lipinski definition) is 6. The molecule has 3 fully saturated rings. The van der Waals surface area contributed by atoms with Crippen molar-refractivity contribution in [2.75, 3.05) is 51.3 Å². The summed E-state index contributed by atoms with van der Waals surface area (Å²) in [4.78, 5) is 15.0. The minimum atomic E-state index is -3.59. The minimum absolute atomic E-state index is 0.128. The number of rotatable bonds is 5. The average molecular weight is 424 g/mol. The van der Waals surface area contributed by atoms with E-state index in [1.807, 2.05) is 0 Å². The first kappa shape index (κ1) is 20.7. The highest BCUT2D eigenvalue weighted by atomic mass is 32.2. The average Bonchev–Trinajstić information content (AvgIpc) is 2.75. The number of carbonyl (C=O) groups is 1. The van der Waals surface area contributed by atoms with Crippen LogP contribution in [-0.2, 0) is 24.3 Å². The summed E-state index contributed by atoms with van der Waals surface area (Å²) < 4.78 is 38.2. The Balaban J connectivity index is 1.40. The summed E-state index contributed by atoms with van der Waals surface area (Å²) in [6.07, 6.45) is 4.71. The number of amides is 1. The van der Waals surface area contributed by atoms with Gasteiger partial charge >= 0.3 is 0 Å². The maximum absolute atomic E-state index is 12.8. The van der Waals surface area contributed by atoms with Crippen molar-refractivity contribution in [1.82, 2.24) is 9.21 Å². The molecule has 29 heavy (non-hydrogen) atoms. The van der Waals surface area contributed by atoms with Crippen molar-refractivity contribution < 1.29 is 22.7 Å². The summed E-state index contributed by atoms with van der Waals surface area (Å²) in [5, 5.41) is 2.87. The van der Waals surface area contributed by atoms with Gasteiger partial charge in [0.05, 0.1) is 37.4 Å². The van der Waals surface area contributed by atoms with Crippen LogP contribution >= 0.6 is 0 Å². The molecule has 2 heterocycles. The van der Waals surface area contributed by atoms with Gasteiger partial charge < -0.3 is 14.8 Å². The zero-order valence-corrected chi connectivity index (χ0v) is 17.4. The van der Waals surface area contributed by atoms with Gasteiger partial charge in [-0.15, -0.1) is 0 Å². The highest BCUT2D eigenvalue weighted by Crippen LogP contribution is 2.28. The van der Waals surface area contributed by atoms with Crippen LogP contribution in [0.5, 0.6) is 0 Å². The Bertz CT molecular complexity index is 823. The fourth-order valence-corrected chi connectivity index (χ4v) is 5.88. The van der Waals surface area contributed by atoms with Crippen molar-refractivity contribution >= 4 is 21.6 Å². The lowest BCUT2D eigenvalue weighted by atomic mass is 9.90. The van der Waals surface area contributed by atoms with Gasteiger partial charge in [-0.25, -0.2) is 8.42 Å². The fourth-order valence-electron chi connectivity index (χ4n) is 4.43. The van der Waals surface area contributed by atoms with Gasteiger partial charge in [0.2, 0.25) is 15.9 Å². The fraction of sp³-hybridized carbons (Fsp3) is 0.650. The maximum Gasteiger partial charge on any atom is 0.243 e. The van der Waals surface area contributed by atoms with Crippen LogP contribution in [0, 0.1) is 0 Å². The van der Waals surface area contributed by atoms with Gasteiger partial charge in [0, 0.05) is 31.4 Å². The number of morpholine rings is 2. The molecule has 2 unspecified atom stereocenters. The molecule has 160 valence electrons. The second-order valence-corrected chi connectivity index (χ2v) is 9.76. The molecule has 9 heteroatoms. The Morgan fingerprint density at radius 2 is 1.90 bits per heavy atom. The van der Waals surface area contributed by atoms with E-state index in [0.29, 0.717) is 51.2 Å². The molecular weight excluding hydrogens is 394 g/mol.